The van der Waals surface area contributed by atoms with Crippen LogP contribution in [0.5, 0.6) is 0 Å². The van der Waals surface area contributed by atoms with Gasteiger partial charge < -0.3 is 15.3 Å². The standard InChI is InChI=1S/C18H28N2O2S/c1-4-14(3)23-16-5-6-17(13(2)11-16)19-18(22)20-9-7-15(12-21)8-10-20/h5-6,11,14-15,21H,4,7-10,12H2,1-3H3,(H,19,22). The molecule has 1 saturated heterocycles. The number of nitrogens with one attached hydrogen (secondary N) is 1. The van der Waals surface area contributed by atoms with Gasteiger partial charge in [-0.05, 0) is 55.9 Å². The van der Waals surface area contributed by atoms with E-state index in [0.717, 1.165) is 43.6 Å². The largest absolute Gasteiger partial charge is 0.396 e. The number of carbonyl (C=O) groups excluding carboxylic acids is 1. The topological polar surface area (TPSA) is 52.6 Å². The Hall–Kier alpha value is -1.20. The summed E-state index contributed by atoms with van der Waals surface area (Å²) in [5.41, 5.74) is 1.98. The first kappa shape index (κ1) is 18.1. The average molecular weight is 337 g/mol. The van der Waals surface area contributed by atoms with Gasteiger partial charge in [0.1, 0.15) is 0 Å². The Balaban J connectivity index is 1.93. The lowest BCUT2D eigenvalue weighted by atomic mass is 9.98. The summed E-state index contributed by atoms with van der Waals surface area (Å²) in [6.45, 7) is 8.12. The molecule has 1 aliphatic rings. The number of nitrogens with zero attached hydrogens (tertiary/aromatic N) is 1. The second-order valence-electron chi connectivity index (χ2n) is 6.36. The third-order valence-corrected chi connectivity index (χ3v) is 5.77. The van der Waals surface area contributed by atoms with Crippen LogP contribution in [0.1, 0.15) is 38.7 Å². The highest BCUT2D eigenvalue weighted by Gasteiger charge is 2.22. The fourth-order valence-electron chi connectivity index (χ4n) is 2.68. The molecule has 0 bridgehead atoms. The highest BCUT2D eigenvalue weighted by atomic mass is 32.2. The number of aryl methyl sites for hydroxylation is 1. The molecule has 2 rings (SSSR count). The maximum atomic E-state index is 12.4. The van der Waals surface area contributed by atoms with E-state index in [4.69, 9.17) is 0 Å². The molecule has 0 aromatic heterocycles. The van der Waals surface area contributed by atoms with E-state index in [-0.39, 0.29) is 12.6 Å². The minimum absolute atomic E-state index is 0.0354. The van der Waals surface area contributed by atoms with Crippen LogP contribution in [0.2, 0.25) is 0 Å². The molecule has 128 valence electrons. The van der Waals surface area contributed by atoms with Crippen LogP contribution in [0, 0.1) is 12.8 Å². The maximum absolute atomic E-state index is 12.4. The first-order chi connectivity index (χ1) is 11.0. The molecular weight excluding hydrogens is 308 g/mol. The highest BCUT2D eigenvalue weighted by molar-refractivity contribution is 7.99. The van der Waals surface area contributed by atoms with Crippen LogP contribution in [-0.4, -0.2) is 41.0 Å². The van der Waals surface area contributed by atoms with Crippen LogP contribution in [0.15, 0.2) is 23.1 Å². The lowest BCUT2D eigenvalue weighted by molar-refractivity contribution is 0.143. The van der Waals surface area contributed by atoms with Crippen LogP contribution in [0.4, 0.5) is 10.5 Å². The second-order valence-corrected chi connectivity index (χ2v) is 7.87. The van der Waals surface area contributed by atoms with Crippen molar-refractivity contribution in [3.8, 4) is 0 Å². The lowest BCUT2D eigenvalue weighted by Crippen LogP contribution is -2.41. The number of benzene rings is 1. The van der Waals surface area contributed by atoms with E-state index >= 15 is 0 Å². The molecule has 2 N–H and O–H groups in total. The Morgan fingerprint density at radius 1 is 1.43 bits per heavy atom. The summed E-state index contributed by atoms with van der Waals surface area (Å²) in [6, 6.07) is 6.19. The molecule has 0 radical (unpaired) electrons. The Kier molecular flexibility index (Phi) is 6.78. The number of rotatable bonds is 5. The van der Waals surface area contributed by atoms with Gasteiger partial charge in [-0.3, -0.25) is 0 Å². The highest BCUT2D eigenvalue weighted by Crippen LogP contribution is 2.28. The molecule has 23 heavy (non-hydrogen) atoms. The van der Waals surface area contributed by atoms with Gasteiger partial charge in [-0.15, -0.1) is 11.8 Å². The molecule has 1 aromatic carbocycles. The monoisotopic (exact) mass is 336 g/mol. The number of anilines is 1. The van der Waals surface area contributed by atoms with Crippen LogP contribution < -0.4 is 5.32 Å². The predicted molar refractivity (Wildman–Crippen MR) is 97.2 cm³/mol. The van der Waals surface area contributed by atoms with E-state index in [9.17, 15) is 9.90 Å². The van der Waals surface area contributed by atoms with E-state index in [1.807, 2.05) is 29.7 Å². The van der Waals surface area contributed by atoms with E-state index in [1.54, 1.807) is 0 Å². The summed E-state index contributed by atoms with van der Waals surface area (Å²) in [7, 11) is 0. The van der Waals surface area contributed by atoms with Crippen LogP contribution in [-0.2, 0) is 0 Å². The molecule has 0 saturated carbocycles. The van der Waals surface area contributed by atoms with Crippen LogP contribution in [0.3, 0.4) is 0 Å². The summed E-state index contributed by atoms with van der Waals surface area (Å²) in [5.74, 6) is 0.345. The number of aliphatic hydroxyl groups is 1. The van der Waals surface area contributed by atoms with Crippen molar-refractivity contribution >= 4 is 23.5 Å². The molecule has 0 spiro atoms. The van der Waals surface area contributed by atoms with Crippen LogP contribution in [0.25, 0.3) is 0 Å². The third kappa shape index (κ3) is 5.15. The summed E-state index contributed by atoms with van der Waals surface area (Å²) in [6.07, 6.45) is 2.91. The molecule has 4 nitrogen and oxygen atoms in total. The van der Waals surface area contributed by atoms with Gasteiger partial charge in [0.2, 0.25) is 0 Å². The number of aliphatic hydroxyl groups excluding tert-OH is 1. The van der Waals surface area contributed by atoms with Crippen molar-refractivity contribution < 1.29 is 9.90 Å². The number of carbonyl (C=O) groups is 1. The van der Waals surface area contributed by atoms with Crippen LogP contribution >= 0.6 is 11.8 Å². The summed E-state index contributed by atoms with van der Waals surface area (Å²) in [4.78, 5) is 15.5. The first-order valence-corrected chi connectivity index (χ1v) is 9.35. The van der Waals surface area contributed by atoms with Crippen molar-refractivity contribution in [2.45, 2.75) is 50.2 Å². The number of urea groups is 1. The third-order valence-electron chi connectivity index (χ3n) is 4.51. The van der Waals surface area contributed by atoms with Gasteiger partial charge in [0, 0.05) is 35.5 Å². The van der Waals surface area contributed by atoms with Crippen molar-refractivity contribution in [2.24, 2.45) is 5.92 Å². The molecular formula is C18H28N2O2S. The number of hydrogen-bond donors (Lipinski definition) is 2. The normalized spacial score (nSPS) is 17.1. The average Bonchev–Trinajstić information content (AvgIpc) is 2.57. The molecule has 1 fully saturated rings. The molecule has 5 heteroatoms. The summed E-state index contributed by atoms with van der Waals surface area (Å²) >= 11 is 1.87. The van der Waals surface area contributed by atoms with Crippen molar-refractivity contribution in [1.29, 1.82) is 0 Å². The zero-order valence-electron chi connectivity index (χ0n) is 14.3. The van der Waals surface area contributed by atoms with Crippen molar-refractivity contribution in [2.75, 3.05) is 25.0 Å². The smallest absolute Gasteiger partial charge is 0.321 e. The molecule has 1 unspecified atom stereocenters. The number of piperidine rings is 1. The first-order valence-electron chi connectivity index (χ1n) is 8.47. The lowest BCUT2D eigenvalue weighted by Gasteiger charge is -2.31. The number of amides is 2. The van der Waals surface area contributed by atoms with E-state index in [2.05, 4.69) is 31.3 Å². The Labute approximate surface area is 143 Å². The van der Waals surface area contributed by atoms with Gasteiger partial charge in [-0.1, -0.05) is 13.8 Å². The molecule has 1 aliphatic heterocycles. The molecule has 1 aromatic rings. The fourth-order valence-corrected chi connectivity index (χ4v) is 3.70. The van der Waals surface area contributed by atoms with Crippen molar-refractivity contribution in [1.82, 2.24) is 4.90 Å². The van der Waals surface area contributed by atoms with Crippen molar-refractivity contribution in [3.05, 3.63) is 23.8 Å². The van der Waals surface area contributed by atoms with Gasteiger partial charge in [0.25, 0.3) is 0 Å². The molecule has 0 aliphatic carbocycles. The summed E-state index contributed by atoms with van der Waals surface area (Å²) in [5, 5.41) is 12.8. The predicted octanol–water partition coefficient (Wildman–Crippen LogP) is 4.12. The summed E-state index contributed by atoms with van der Waals surface area (Å²) < 4.78 is 0. The SMILES string of the molecule is CCC(C)Sc1ccc(NC(=O)N2CCC(CO)CC2)c(C)c1. The second kappa shape index (κ2) is 8.60. The zero-order chi connectivity index (χ0) is 16.8. The van der Waals surface area contributed by atoms with Gasteiger partial charge in [-0.2, -0.15) is 0 Å². The molecule has 2 amide bonds. The van der Waals surface area contributed by atoms with E-state index < -0.39 is 0 Å². The Morgan fingerprint density at radius 2 is 2.13 bits per heavy atom. The minimum Gasteiger partial charge on any atom is -0.396 e. The van der Waals surface area contributed by atoms with E-state index in [0.29, 0.717) is 11.2 Å². The molecule has 1 atom stereocenters. The van der Waals surface area contributed by atoms with Gasteiger partial charge in [0.05, 0.1) is 0 Å². The fraction of sp³-hybridized carbons (Fsp3) is 0.611. The minimum atomic E-state index is -0.0354. The zero-order valence-corrected chi connectivity index (χ0v) is 15.2. The quantitative estimate of drug-likeness (QED) is 0.795. The number of likely N-dealkylation sites (tertiary alicyclic amines) is 1. The van der Waals surface area contributed by atoms with E-state index in [1.165, 1.54) is 4.90 Å². The van der Waals surface area contributed by atoms with Crippen molar-refractivity contribution in [3.63, 3.8) is 0 Å². The van der Waals surface area contributed by atoms with Gasteiger partial charge in [0.15, 0.2) is 0 Å². The number of thioether (sulfide) groups is 1. The number of hydrogen-bond acceptors (Lipinski definition) is 3. The van der Waals surface area contributed by atoms with Gasteiger partial charge >= 0.3 is 6.03 Å². The Morgan fingerprint density at radius 3 is 2.70 bits per heavy atom. The van der Waals surface area contributed by atoms with Gasteiger partial charge in [-0.25, -0.2) is 4.79 Å². The molecule has 1 heterocycles. The Bertz CT molecular complexity index is 528. The maximum Gasteiger partial charge on any atom is 0.321 e.